The van der Waals surface area contributed by atoms with Gasteiger partial charge in [0.25, 0.3) is 0 Å². The summed E-state index contributed by atoms with van der Waals surface area (Å²) in [7, 11) is 0. The van der Waals surface area contributed by atoms with E-state index in [0.717, 1.165) is 29.3 Å². The molecular formula is C13H15BrFN. The third-order valence-corrected chi connectivity index (χ3v) is 3.40. The molecule has 0 saturated heterocycles. The van der Waals surface area contributed by atoms with Crippen LogP contribution < -0.4 is 5.73 Å². The lowest BCUT2D eigenvalue weighted by molar-refractivity contribution is 0.595. The van der Waals surface area contributed by atoms with Crippen LogP contribution in [0.1, 0.15) is 24.8 Å². The zero-order chi connectivity index (χ0) is 11.5. The van der Waals surface area contributed by atoms with Gasteiger partial charge in [0, 0.05) is 10.5 Å². The monoisotopic (exact) mass is 283 g/mol. The van der Waals surface area contributed by atoms with Crippen molar-refractivity contribution >= 4 is 15.9 Å². The van der Waals surface area contributed by atoms with Gasteiger partial charge in [0.15, 0.2) is 0 Å². The summed E-state index contributed by atoms with van der Waals surface area (Å²) in [5.74, 6) is -0.136. The number of nitrogens with two attached hydrogens (primary N) is 1. The molecule has 0 radical (unpaired) electrons. The first-order valence-corrected chi connectivity index (χ1v) is 6.33. The van der Waals surface area contributed by atoms with E-state index in [2.05, 4.69) is 22.0 Å². The maximum atomic E-state index is 13.5. The number of hydrogen-bond acceptors (Lipinski definition) is 1. The van der Waals surface area contributed by atoms with Crippen LogP contribution in [0.4, 0.5) is 4.39 Å². The van der Waals surface area contributed by atoms with Gasteiger partial charge in [0.2, 0.25) is 0 Å². The first-order chi connectivity index (χ1) is 7.65. The molecule has 0 aliphatic heterocycles. The second-order valence-electron chi connectivity index (χ2n) is 4.29. The maximum absolute atomic E-state index is 13.5. The standard InChI is InChI=1S/C13H15BrFN/c14-11-4-5-13(15)10(8-11)6-9-2-1-3-12(16)7-9/h4-5,7-8,12H,1-3,6,16H2. The molecule has 1 aliphatic rings. The van der Waals surface area contributed by atoms with Gasteiger partial charge < -0.3 is 5.73 Å². The van der Waals surface area contributed by atoms with Crippen LogP contribution in [0.15, 0.2) is 34.3 Å². The lowest BCUT2D eigenvalue weighted by Crippen LogP contribution is -2.20. The molecule has 1 aliphatic carbocycles. The van der Waals surface area contributed by atoms with Crippen LogP contribution in [0.25, 0.3) is 0 Å². The SMILES string of the molecule is NC1C=C(Cc2cc(Br)ccc2F)CCC1. The van der Waals surface area contributed by atoms with Gasteiger partial charge in [-0.25, -0.2) is 4.39 Å². The van der Waals surface area contributed by atoms with E-state index in [1.165, 1.54) is 11.6 Å². The van der Waals surface area contributed by atoms with Gasteiger partial charge in [-0.2, -0.15) is 0 Å². The Morgan fingerprint density at radius 3 is 3.00 bits per heavy atom. The third kappa shape index (κ3) is 2.92. The van der Waals surface area contributed by atoms with Gasteiger partial charge in [-0.05, 0) is 49.4 Å². The Kier molecular flexibility index (Phi) is 3.77. The molecule has 1 aromatic rings. The van der Waals surface area contributed by atoms with Gasteiger partial charge in [0.1, 0.15) is 5.82 Å². The highest BCUT2D eigenvalue weighted by Crippen LogP contribution is 2.23. The van der Waals surface area contributed by atoms with E-state index < -0.39 is 0 Å². The van der Waals surface area contributed by atoms with Gasteiger partial charge in [-0.1, -0.05) is 27.6 Å². The topological polar surface area (TPSA) is 26.0 Å². The van der Waals surface area contributed by atoms with Crippen molar-refractivity contribution in [3.63, 3.8) is 0 Å². The molecule has 2 rings (SSSR count). The van der Waals surface area contributed by atoms with Gasteiger partial charge in [-0.15, -0.1) is 0 Å². The highest BCUT2D eigenvalue weighted by atomic mass is 79.9. The highest BCUT2D eigenvalue weighted by Gasteiger charge is 2.12. The molecule has 0 saturated carbocycles. The molecule has 2 N–H and O–H groups in total. The van der Waals surface area contributed by atoms with E-state index in [0.29, 0.717) is 6.42 Å². The van der Waals surface area contributed by atoms with E-state index >= 15 is 0 Å². The van der Waals surface area contributed by atoms with Crippen LogP contribution in [-0.4, -0.2) is 6.04 Å². The van der Waals surface area contributed by atoms with E-state index in [9.17, 15) is 4.39 Å². The minimum absolute atomic E-state index is 0.136. The number of halogens is 2. The summed E-state index contributed by atoms with van der Waals surface area (Å²) < 4.78 is 14.5. The molecule has 1 nitrogen and oxygen atoms in total. The Bertz CT molecular complexity index is 414. The minimum Gasteiger partial charge on any atom is -0.324 e. The molecule has 0 amide bonds. The molecule has 1 aromatic carbocycles. The zero-order valence-electron chi connectivity index (χ0n) is 9.05. The molecule has 1 unspecified atom stereocenters. The average molecular weight is 284 g/mol. The van der Waals surface area contributed by atoms with Gasteiger partial charge >= 0.3 is 0 Å². The first kappa shape index (κ1) is 11.8. The Morgan fingerprint density at radius 1 is 1.44 bits per heavy atom. The summed E-state index contributed by atoms with van der Waals surface area (Å²) in [6.45, 7) is 0. The third-order valence-electron chi connectivity index (χ3n) is 2.91. The fraction of sp³-hybridized carbons (Fsp3) is 0.385. The molecule has 0 aromatic heterocycles. The van der Waals surface area contributed by atoms with Crippen molar-refractivity contribution in [3.05, 3.63) is 45.7 Å². The quantitative estimate of drug-likeness (QED) is 0.825. The van der Waals surface area contributed by atoms with Crippen LogP contribution >= 0.6 is 15.9 Å². The molecule has 16 heavy (non-hydrogen) atoms. The van der Waals surface area contributed by atoms with E-state index in [1.807, 2.05) is 6.07 Å². The summed E-state index contributed by atoms with van der Waals surface area (Å²) >= 11 is 3.36. The maximum Gasteiger partial charge on any atom is 0.126 e. The van der Waals surface area contributed by atoms with Crippen molar-refractivity contribution < 1.29 is 4.39 Å². The number of benzene rings is 1. The zero-order valence-corrected chi connectivity index (χ0v) is 10.6. The van der Waals surface area contributed by atoms with Crippen LogP contribution in [0.5, 0.6) is 0 Å². The Morgan fingerprint density at radius 2 is 2.25 bits per heavy atom. The Labute approximate surface area is 104 Å². The van der Waals surface area contributed by atoms with Crippen molar-refractivity contribution in [3.8, 4) is 0 Å². The number of allylic oxidation sites excluding steroid dienone is 1. The van der Waals surface area contributed by atoms with E-state index in [1.54, 1.807) is 6.07 Å². The number of hydrogen-bond donors (Lipinski definition) is 1. The molecule has 0 spiro atoms. The minimum atomic E-state index is -0.136. The largest absolute Gasteiger partial charge is 0.324 e. The molecule has 0 bridgehead atoms. The predicted octanol–water partition coefficient (Wildman–Crippen LogP) is 3.57. The summed E-state index contributed by atoms with van der Waals surface area (Å²) in [4.78, 5) is 0. The second-order valence-corrected chi connectivity index (χ2v) is 5.21. The normalized spacial score (nSPS) is 20.7. The van der Waals surface area contributed by atoms with E-state index in [-0.39, 0.29) is 11.9 Å². The lowest BCUT2D eigenvalue weighted by atomic mass is 9.92. The molecule has 1 atom stereocenters. The Hall–Kier alpha value is -0.670. The predicted molar refractivity (Wildman–Crippen MR) is 67.7 cm³/mol. The van der Waals surface area contributed by atoms with Crippen LogP contribution in [0, 0.1) is 5.82 Å². The number of rotatable bonds is 2. The second kappa shape index (κ2) is 5.11. The van der Waals surface area contributed by atoms with Crippen molar-refractivity contribution in [2.75, 3.05) is 0 Å². The van der Waals surface area contributed by atoms with Crippen LogP contribution in [0.2, 0.25) is 0 Å². The molecule has 0 fully saturated rings. The molecule has 0 heterocycles. The smallest absolute Gasteiger partial charge is 0.126 e. The highest BCUT2D eigenvalue weighted by molar-refractivity contribution is 9.10. The van der Waals surface area contributed by atoms with Crippen molar-refractivity contribution in [1.82, 2.24) is 0 Å². The lowest BCUT2D eigenvalue weighted by Gasteiger charge is -2.18. The van der Waals surface area contributed by atoms with Gasteiger partial charge in [-0.3, -0.25) is 0 Å². The average Bonchev–Trinajstić information content (AvgIpc) is 2.24. The fourth-order valence-electron chi connectivity index (χ4n) is 2.10. The van der Waals surface area contributed by atoms with Crippen LogP contribution in [-0.2, 0) is 6.42 Å². The molecule has 3 heteroatoms. The molecular weight excluding hydrogens is 269 g/mol. The van der Waals surface area contributed by atoms with Crippen molar-refractivity contribution in [1.29, 1.82) is 0 Å². The van der Waals surface area contributed by atoms with E-state index in [4.69, 9.17) is 5.73 Å². The fourth-order valence-corrected chi connectivity index (χ4v) is 2.51. The van der Waals surface area contributed by atoms with Crippen molar-refractivity contribution in [2.24, 2.45) is 5.73 Å². The first-order valence-electron chi connectivity index (χ1n) is 5.54. The summed E-state index contributed by atoms with van der Waals surface area (Å²) in [5, 5.41) is 0. The molecule has 86 valence electrons. The van der Waals surface area contributed by atoms with Crippen molar-refractivity contribution in [2.45, 2.75) is 31.7 Å². The van der Waals surface area contributed by atoms with Gasteiger partial charge in [0.05, 0.1) is 0 Å². The Balaban J connectivity index is 2.17. The summed E-state index contributed by atoms with van der Waals surface area (Å²) in [6, 6.07) is 5.22. The van der Waals surface area contributed by atoms with Crippen LogP contribution in [0.3, 0.4) is 0 Å². The summed E-state index contributed by atoms with van der Waals surface area (Å²) in [5.41, 5.74) is 7.87. The summed E-state index contributed by atoms with van der Waals surface area (Å²) in [6.07, 6.45) is 5.97.